The zero-order valence-corrected chi connectivity index (χ0v) is 15.8. The van der Waals surface area contributed by atoms with E-state index in [9.17, 15) is 4.79 Å². The largest absolute Gasteiger partial charge is 0.371 e. The first-order chi connectivity index (χ1) is 13.3. The van der Waals surface area contributed by atoms with E-state index in [1.165, 1.54) is 24.1 Å². The lowest BCUT2D eigenvalue weighted by atomic mass is 10.1. The highest BCUT2D eigenvalue weighted by molar-refractivity contribution is 5.83. The predicted molar refractivity (Wildman–Crippen MR) is 108 cm³/mol. The molecule has 2 aromatic rings. The Morgan fingerprint density at radius 2 is 1.96 bits per heavy atom. The summed E-state index contributed by atoms with van der Waals surface area (Å²) in [5.74, 6) is 0.103. The second-order valence-corrected chi connectivity index (χ2v) is 7.44. The number of likely N-dealkylation sites (tertiary alicyclic amines) is 1. The van der Waals surface area contributed by atoms with Crippen molar-refractivity contribution in [3.8, 4) is 0 Å². The molecule has 1 fully saturated rings. The van der Waals surface area contributed by atoms with Gasteiger partial charge in [-0.15, -0.1) is 0 Å². The summed E-state index contributed by atoms with van der Waals surface area (Å²) in [4.78, 5) is 21.9. The predicted octanol–water partition coefficient (Wildman–Crippen LogP) is 2.79. The second kappa shape index (κ2) is 8.53. The quantitative estimate of drug-likeness (QED) is 0.768. The van der Waals surface area contributed by atoms with Crippen LogP contribution in [-0.4, -0.2) is 48.5 Å². The zero-order chi connectivity index (χ0) is 18.5. The van der Waals surface area contributed by atoms with Crippen LogP contribution in [0.5, 0.6) is 0 Å². The maximum absolute atomic E-state index is 12.9. The lowest BCUT2D eigenvalue weighted by Crippen LogP contribution is -2.40. The van der Waals surface area contributed by atoms with Gasteiger partial charge in [-0.2, -0.15) is 0 Å². The maximum Gasteiger partial charge on any atom is 0.242 e. The summed E-state index contributed by atoms with van der Waals surface area (Å²) < 4.78 is 0. The molecule has 27 heavy (non-hydrogen) atoms. The molecule has 0 bridgehead atoms. The van der Waals surface area contributed by atoms with E-state index in [1.54, 1.807) is 6.20 Å². The van der Waals surface area contributed by atoms with Gasteiger partial charge in [0, 0.05) is 37.7 Å². The molecule has 1 N–H and O–H groups in total. The van der Waals surface area contributed by atoms with Crippen LogP contribution in [0.3, 0.4) is 0 Å². The molecule has 1 atom stereocenters. The van der Waals surface area contributed by atoms with Crippen LogP contribution in [0.15, 0.2) is 48.8 Å². The fourth-order valence-corrected chi connectivity index (χ4v) is 4.28. The van der Waals surface area contributed by atoms with E-state index in [0.717, 1.165) is 44.6 Å². The van der Waals surface area contributed by atoms with Gasteiger partial charge in [0.25, 0.3) is 0 Å². The lowest BCUT2D eigenvalue weighted by Gasteiger charge is -2.27. The molecule has 1 amide bonds. The first kappa shape index (κ1) is 18.0. The topological polar surface area (TPSA) is 48.5 Å². The average Bonchev–Trinajstić information content (AvgIpc) is 3.37. The summed E-state index contributed by atoms with van der Waals surface area (Å²) in [5.41, 5.74) is 3.78. The Hall–Kier alpha value is -2.40. The summed E-state index contributed by atoms with van der Waals surface area (Å²) in [6, 6.07) is 12.3. The highest BCUT2D eigenvalue weighted by Crippen LogP contribution is 2.27. The number of benzene rings is 1. The minimum Gasteiger partial charge on any atom is -0.371 e. The van der Waals surface area contributed by atoms with Crippen LogP contribution in [0.4, 0.5) is 5.69 Å². The van der Waals surface area contributed by atoms with Crippen LogP contribution in [0.1, 0.15) is 36.4 Å². The van der Waals surface area contributed by atoms with Gasteiger partial charge in [-0.05, 0) is 62.0 Å². The van der Waals surface area contributed by atoms with Crippen molar-refractivity contribution in [3.63, 3.8) is 0 Å². The van der Waals surface area contributed by atoms with Gasteiger partial charge in [-0.25, -0.2) is 0 Å². The Kier molecular flexibility index (Phi) is 5.68. The fourth-order valence-electron chi connectivity index (χ4n) is 4.28. The molecule has 0 spiro atoms. The maximum atomic E-state index is 12.9. The number of nitrogens with one attached hydrogen (secondary N) is 1. The molecule has 0 saturated carbocycles. The lowest BCUT2D eigenvalue weighted by molar-refractivity contribution is -0.126. The average molecular weight is 364 g/mol. The van der Waals surface area contributed by atoms with Crippen molar-refractivity contribution >= 4 is 11.6 Å². The Bertz CT molecular complexity index is 758. The van der Waals surface area contributed by atoms with Crippen molar-refractivity contribution in [2.75, 3.05) is 37.6 Å². The molecule has 142 valence electrons. The Labute approximate surface area is 161 Å². The molecular formula is C22H28N4O. The van der Waals surface area contributed by atoms with Crippen molar-refractivity contribution in [1.82, 2.24) is 15.2 Å². The minimum absolute atomic E-state index is 0.103. The normalized spacial score (nSPS) is 17.7. The molecule has 0 aliphatic carbocycles. The van der Waals surface area contributed by atoms with E-state index >= 15 is 0 Å². The number of aromatic nitrogens is 1. The number of hydrogen-bond acceptors (Lipinski definition) is 4. The third-order valence-corrected chi connectivity index (χ3v) is 5.64. The number of rotatable bonds is 7. The van der Waals surface area contributed by atoms with Crippen LogP contribution >= 0.6 is 0 Å². The van der Waals surface area contributed by atoms with E-state index in [1.807, 2.05) is 18.3 Å². The van der Waals surface area contributed by atoms with E-state index in [4.69, 9.17) is 0 Å². The molecule has 2 aliphatic rings. The van der Waals surface area contributed by atoms with Gasteiger partial charge in [-0.3, -0.25) is 14.7 Å². The molecule has 1 saturated heterocycles. The molecule has 0 radical (unpaired) electrons. The SMILES string of the molecule is O=C(NCCCN1CCc2ccccc21)[C@H](c1cccnc1)N1CCCC1. The number of para-hydroxylation sites is 1. The van der Waals surface area contributed by atoms with Crippen molar-refractivity contribution < 1.29 is 4.79 Å². The Morgan fingerprint density at radius 1 is 1.11 bits per heavy atom. The number of anilines is 1. The number of carbonyl (C=O) groups is 1. The van der Waals surface area contributed by atoms with Gasteiger partial charge in [0.1, 0.15) is 6.04 Å². The van der Waals surface area contributed by atoms with E-state index in [-0.39, 0.29) is 11.9 Å². The Morgan fingerprint density at radius 3 is 2.78 bits per heavy atom. The van der Waals surface area contributed by atoms with Gasteiger partial charge in [0.05, 0.1) is 0 Å². The number of pyridine rings is 1. The third-order valence-electron chi connectivity index (χ3n) is 5.64. The summed E-state index contributed by atoms with van der Waals surface area (Å²) >= 11 is 0. The highest BCUT2D eigenvalue weighted by atomic mass is 16.2. The summed E-state index contributed by atoms with van der Waals surface area (Å²) in [7, 11) is 0. The fraction of sp³-hybridized carbons (Fsp3) is 0.455. The van der Waals surface area contributed by atoms with Crippen LogP contribution in [0.2, 0.25) is 0 Å². The van der Waals surface area contributed by atoms with Crippen molar-refractivity contribution in [3.05, 3.63) is 59.9 Å². The molecule has 4 rings (SSSR count). The first-order valence-corrected chi connectivity index (χ1v) is 10.1. The van der Waals surface area contributed by atoms with Crippen LogP contribution in [-0.2, 0) is 11.2 Å². The summed E-state index contributed by atoms with van der Waals surface area (Å²) in [5, 5.41) is 3.17. The van der Waals surface area contributed by atoms with Gasteiger partial charge < -0.3 is 10.2 Å². The Balaban J connectivity index is 1.31. The summed E-state index contributed by atoms with van der Waals surface area (Å²) in [6.45, 7) is 4.75. The monoisotopic (exact) mass is 364 g/mol. The standard InChI is InChI=1S/C22H28N4O/c27-22(21(26-13-3-4-14-26)19-8-5-11-23-17-19)24-12-6-15-25-16-10-18-7-1-2-9-20(18)25/h1-2,5,7-9,11,17,21H,3-4,6,10,12-16H2,(H,24,27)/t21-/m0/s1. The van der Waals surface area contributed by atoms with Gasteiger partial charge in [0.2, 0.25) is 5.91 Å². The second-order valence-electron chi connectivity index (χ2n) is 7.44. The van der Waals surface area contributed by atoms with Crippen molar-refractivity contribution in [2.45, 2.75) is 31.7 Å². The minimum atomic E-state index is -0.214. The molecular weight excluding hydrogens is 336 g/mol. The molecule has 3 heterocycles. The third kappa shape index (κ3) is 4.14. The number of nitrogens with zero attached hydrogens (tertiary/aromatic N) is 3. The molecule has 5 heteroatoms. The van der Waals surface area contributed by atoms with Crippen molar-refractivity contribution in [1.29, 1.82) is 0 Å². The first-order valence-electron chi connectivity index (χ1n) is 10.1. The van der Waals surface area contributed by atoms with E-state index in [0.29, 0.717) is 6.54 Å². The summed E-state index contributed by atoms with van der Waals surface area (Å²) in [6.07, 6.45) is 8.00. The van der Waals surface area contributed by atoms with E-state index < -0.39 is 0 Å². The number of carbonyl (C=O) groups excluding carboxylic acids is 1. The van der Waals surface area contributed by atoms with Crippen LogP contribution < -0.4 is 10.2 Å². The zero-order valence-electron chi connectivity index (χ0n) is 15.8. The van der Waals surface area contributed by atoms with Crippen molar-refractivity contribution in [2.24, 2.45) is 0 Å². The number of amides is 1. The molecule has 0 unspecified atom stereocenters. The van der Waals surface area contributed by atoms with Gasteiger partial charge in [0.15, 0.2) is 0 Å². The van der Waals surface area contributed by atoms with Gasteiger partial charge >= 0.3 is 0 Å². The highest BCUT2D eigenvalue weighted by Gasteiger charge is 2.29. The smallest absolute Gasteiger partial charge is 0.242 e. The molecule has 2 aliphatic heterocycles. The molecule has 5 nitrogen and oxygen atoms in total. The van der Waals surface area contributed by atoms with E-state index in [2.05, 4.69) is 44.4 Å². The van der Waals surface area contributed by atoms with Gasteiger partial charge in [-0.1, -0.05) is 24.3 Å². The number of hydrogen-bond donors (Lipinski definition) is 1. The van der Waals surface area contributed by atoms with Crippen LogP contribution in [0.25, 0.3) is 0 Å². The van der Waals surface area contributed by atoms with Crippen LogP contribution in [0, 0.1) is 0 Å². The molecule has 1 aromatic carbocycles. The molecule has 1 aromatic heterocycles. The number of fused-ring (bicyclic) bond motifs is 1.